The van der Waals surface area contributed by atoms with E-state index >= 15 is 0 Å². The largest absolute Gasteiger partial charge is 0.308 e. The molecule has 1 aromatic heterocycles. The summed E-state index contributed by atoms with van der Waals surface area (Å²) in [6, 6.07) is 13.2. The summed E-state index contributed by atoms with van der Waals surface area (Å²) in [6.45, 7) is 3.17. The number of hydrogen-bond donors (Lipinski definition) is 1. The maximum absolute atomic E-state index is 4.69. The van der Waals surface area contributed by atoms with E-state index in [0.717, 1.165) is 23.7 Å². The van der Waals surface area contributed by atoms with Gasteiger partial charge in [0.2, 0.25) is 0 Å². The Morgan fingerprint density at radius 2 is 2.06 bits per heavy atom. The van der Waals surface area contributed by atoms with Gasteiger partial charge >= 0.3 is 0 Å². The smallest absolute Gasteiger partial charge is 0.0705 e. The van der Waals surface area contributed by atoms with Gasteiger partial charge in [0.05, 0.1) is 11.2 Å². The van der Waals surface area contributed by atoms with Gasteiger partial charge in [0.25, 0.3) is 0 Å². The predicted molar refractivity (Wildman–Crippen MR) is 75.4 cm³/mol. The van der Waals surface area contributed by atoms with E-state index < -0.39 is 0 Å². The van der Waals surface area contributed by atoms with Gasteiger partial charge in [-0.25, -0.2) is 0 Å². The number of rotatable bonds is 4. The first-order valence-electron chi connectivity index (χ1n) is 6.91. The van der Waals surface area contributed by atoms with Gasteiger partial charge in [-0.05, 0) is 37.8 Å². The Kier molecular flexibility index (Phi) is 3.28. The minimum Gasteiger partial charge on any atom is -0.308 e. The molecule has 1 fully saturated rings. The molecule has 1 atom stereocenters. The molecule has 1 aliphatic rings. The third kappa shape index (κ3) is 2.39. The van der Waals surface area contributed by atoms with E-state index in [9.17, 15) is 0 Å². The molecule has 2 heteroatoms. The lowest BCUT2D eigenvalue weighted by atomic mass is 9.80. The van der Waals surface area contributed by atoms with Crippen LogP contribution in [0, 0.1) is 5.92 Å². The molecular weight excluding hydrogens is 220 g/mol. The molecule has 1 aliphatic carbocycles. The first-order chi connectivity index (χ1) is 8.83. The van der Waals surface area contributed by atoms with Crippen molar-refractivity contribution in [3.05, 3.63) is 42.1 Å². The number of para-hydroxylation sites is 1. The van der Waals surface area contributed by atoms with Crippen molar-refractivity contribution in [1.82, 2.24) is 10.3 Å². The Bertz CT molecular complexity index is 531. The molecular formula is C16H20N2. The lowest BCUT2D eigenvalue weighted by molar-refractivity contribution is 0.239. The van der Waals surface area contributed by atoms with Gasteiger partial charge < -0.3 is 5.32 Å². The number of fused-ring (bicyclic) bond motifs is 1. The maximum Gasteiger partial charge on any atom is 0.0705 e. The van der Waals surface area contributed by atoms with E-state index in [1.807, 2.05) is 6.07 Å². The number of nitrogens with zero attached hydrogens (tertiary/aromatic N) is 1. The molecule has 1 heterocycles. The highest BCUT2D eigenvalue weighted by Crippen LogP contribution is 2.29. The van der Waals surface area contributed by atoms with Gasteiger partial charge in [0.15, 0.2) is 0 Å². The van der Waals surface area contributed by atoms with Crippen LogP contribution in [0.15, 0.2) is 36.4 Å². The Morgan fingerprint density at radius 3 is 2.83 bits per heavy atom. The van der Waals surface area contributed by atoms with Crippen LogP contribution >= 0.6 is 0 Å². The van der Waals surface area contributed by atoms with Crippen molar-refractivity contribution in [3.63, 3.8) is 0 Å². The lowest BCUT2D eigenvalue weighted by Gasteiger charge is -2.32. The third-order valence-electron chi connectivity index (χ3n) is 4.12. The maximum atomic E-state index is 4.69. The molecule has 0 spiro atoms. The number of hydrogen-bond acceptors (Lipinski definition) is 2. The molecule has 0 amide bonds. The van der Waals surface area contributed by atoms with E-state index in [2.05, 4.69) is 47.6 Å². The molecule has 2 nitrogen and oxygen atoms in total. The fraction of sp³-hybridized carbons (Fsp3) is 0.438. The van der Waals surface area contributed by atoms with Crippen molar-refractivity contribution in [1.29, 1.82) is 0 Å². The summed E-state index contributed by atoms with van der Waals surface area (Å²) in [5, 5.41) is 4.82. The van der Waals surface area contributed by atoms with Gasteiger partial charge in [-0.3, -0.25) is 4.98 Å². The summed E-state index contributed by atoms with van der Waals surface area (Å²) in [5.41, 5.74) is 2.23. The highest BCUT2D eigenvalue weighted by molar-refractivity contribution is 5.78. The summed E-state index contributed by atoms with van der Waals surface area (Å²) in [4.78, 5) is 4.69. The van der Waals surface area contributed by atoms with E-state index in [1.54, 1.807) is 0 Å². The zero-order valence-electron chi connectivity index (χ0n) is 10.9. The highest BCUT2D eigenvalue weighted by atomic mass is 14.9. The molecule has 0 bridgehead atoms. The summed E-state index contributed by atoms with van der Waals surface area (Å²) < 4.78 is 0. The van der Waals surface area contributed by atoms with Crippen molar-refractivity contribution < 1.29 is 0 Å². The Hall–Kier alpha value is -1.41. The molecule has 2 aromatic rings. The van der Waals surface area contributed by atoms with E-state index in [-0.39, 0.29) is 0 Å². The topological polar surface area (TPSA) is 24.9 Å². The molecule has 0 saturated heterocycles. The molecule has 1 saturated carbocycles. The molecule has 94 valence electrons. The molecule has 1 unspecified atom stereocenters. The molecule has 1 aromatic carbocycles. The van der Waals surface area contributed by atoms with Gasteiger partial charge in [0.1, 0.15) is 0 Å². The summed E-state index contributed by atoms with van der Waals surface area (Å²) in [5.74, 6) is 0.880. The lowest BCUT2D eigenvalue weighted by Crippen LogP contribution is -2.36. The van der Waals surface area contributed by atoms with Crippen LogP contribution in [0.3, 0.4) is 0 Å². The summed E-state index contributed by atoms with van der Waals surface area (Å²) in [7, 11) is 0. The third-order valence-corrected chi connectivity index (χ3v) is 4.12. The minimum absolute atomic E-state index is 0.618. The first-order valence-corrected chi connectivity index (χ1v) is 6.91. The average Bonchev–Trinajstić information content (AvgIpc) is 2.34. The van der Waals surface area contributed by atoms with Crippen LogP contribution in [0.1, 0.15) is 31.9 Å². The fourth-order valence-corrected chi connectivity index (χ4v) is 2.58. The second-order valence-corrected chi connectivity index (χ2v) is 5.36. The molecule has 18 heavy (non-hydrogen) atoms. The van der Waals surface area contributed by atoms with E-state index in [1.165, 1.54) is 24.6 Å². The number of pyridine rings is 1. The van der Waals surface area contributed by atoms with Crippen LogP contribution in [0.5, 0.6) is 0 Å². The predicted octanol–water partition coefficient (Wildman–Crippen LogP) is 3.51. The SMILES string of the molecule is CC(NCc1ccc2ccccc2n1)C1CCC1. The Morgan fingerprint density at radius 1 is 1.22 bits per heavy atom. The van der Waals surface area contributed by atoms with Crippen molar-refractivity contribution in [2.45, 2.75) is 38.8 Å². The van der Waals surface area contributed by atoms with Crippen molar-refractivity contribution in [3.8, 4) is 0 Å². The standard InChI is InChI=1S/C16H20N2/c1-12(13-6-4-7-13)17-11-15-10-9-14-5-2-3-8-16(14)18-15/h2-3,5,8-10,12-13,17H,4,6-7,11H2,1H3. The fourth-order valence-electron chi connectivity index (χ4n) is 2.58. The molecule has 0 radical (unpaired) electrons. The average molecular weight is 240 g/mol. The normalized spacial score (nSPS) is 17.6. The van der Waals surface area contributed by atoms with Gasteiger partial charge in [0, 0.05) is 18.0 Å². The minimum atomic E-state index is 0.618. The molecule has 0 aliphatic heterocycles. The monoisotopic (exact) mass is 240 g/mol. The number of aromatic nitrogens is 1. The van der Waals surface area contributed by atoms with Crippen molar-refractivity contribution in [2.75, 3.05) is 0 Å². The van der Waals surface area contributed by atoms with E-state index in [4.69, 9.17) is 0 Å². The van der Waals surface area contributed by atoms with Gasteiger partial charge in [-0.15, -0.1) is 0 Å². The van der Waals surface area contributed by atoms with Gasteiger partial charge in [-0.2, -0.15) is 0 Å². The zero-order valence-corrected chi connectivity index (χ0v) is 10.9. The zero-order chi connectivity index (χ0) is 12.4. The number of benzene rings is 1. The van der Waals surface area contributed by atoms with Crippen LogP contribution in [-0.2, 0) is 6.54 Å². The highest BCUT2D eigenvalue weighted by Gasteiger charge is 2.23. The Labute approximate surface area is 108 Å². The quantitative estimate of drug-likeness (QED) is 0.884. The number of nitrogens with one attached hydrogen (secondary N) is 1. The van der Waals surface area contributed by atoms with Crippen molar-refractivity contribution in [2.24, 2.45) is 5.92 Å². The van der Waals surface area contributed by atoms with Crippen molar-refractivity contribution >= 4 is 10.9 Å². The first kappa shape index (κ1) is 11.7. The van der Waals surface area contributed by atoms with Gasteiger partial charge in [-0.1, -0.05) is 30.7 Å². The molecule has 1 N–H and O–H groups in total. The Balaban J connectivity index is 1.66. The summed E-state index contributed by atoms with van der Waals surface area (Å²) >= 11 is 0. The van der Waals surface area contributed by atoms with Crippen LogP contribution < -0.4 is 5.32 Å². The van der Waals surface area contributed by atoms with Crippen LogP contribution in [0.2, 0.25) is 0 Å². The van der Waals surface area contributed by atoms with E-state index in [0.29, 0.717) is 6.04 Å². The van der Waals surface area contributed by atoms with Crippen LogP contribution in [-0.4, -0.2) is 11.0 Å². The second kappa shape index (κ2) is 5.07. The van der Waals surface area contributed by atoms with Crippen LogP contribution in [0.25, 0.3) is 10.9 Å². The molecule has 3 rings (SSSR count). The summed E-state index contributed by atoms with van der Waals surface area (Å²) in [6.07, 6.45) is 4.18. The van der Waals surface area contributed by atoms with Crippen LogP contribution in [0.4, 0.5) is 0 Å². The second-order valence-electron chi connectivity index (χ2n) is 5.36.